The number of hydrogen-bond donors (Lipinski definition) is 2. The Bertz CT molecular complexity index is 532. The Hall–Kier alpha value is -1.91. The minimum atomic E-state index is -4.00. The highest BCUT2D eigenvalue weighted by Gasteiger charge is 2.48. The van der Waals surface area contributed by atoms with Crippen LogP contribution in [0.15, 0.2) is 18.2 Å². The van der Waals surface area contributed by atoms with Gasteiger partial charge in [0.25, 0.3) is 0 Å². The number of nitrogens with two attached hydrogens (primary N) is 1. The van der Waals surface area contributed by atoms with Gasteiger partial charge in [0.15, 0.2) is 0 Å². The number of halogens is 3. The van der Waals surface area contributed by atoms with Gasteiger partial charge in [-0.15, -0.1) is 12.4 Å². The fourth-order valence-corrected chi connectivity index (χ4v) is 1.42. The van der Waals surface area contributed by atoms with Crippen molar-refractivity contribution in [1.29, 1.82) is 5.26 Å². The Morgan fingerprint density at radius 1 is 1.60 bits per heavy atom. The van der Waals surface area contributed by atoms with Crippen LogP contribution in [-0.2, 0) is 9.53 Å². The van der Waals surface area contributed by atoms with Crippen molar-refractivity contribution in [1.82, 2.24) is 0 Å². The smallest absolute Gasteiger partial charge is 0.379 e. The third kappa shape index (κ3) is 3.56. The Morgan fingerprint density at radius 2 is 2.20 bits per heavy atom. The van der Waals surface area contributed by atoms with E-state index in [-0.39, 0.29) is 24.6 Å². The zero-order valence-corrected chi connectivity index (χ0v) is 11.3. The molecule has 0 aliphatic carbocycles. The number of phenolic OH excluding ortho intramolecular Hbond substituents is 1. The van der Waals surface area contributed by atoms with Crippen LogP contribution in [0.25, 0.3) is 0 Å². The lowest BCUT2D eigenvalue weighted by atomic mass is 9.98. The first kappa shape index (κ1) is 18.1. The molecule has 0 aromatic heterocycles. The zero-order chi connectivity index (χ0) is 14.6. The summed E-state index contributed by atoms with van der Waals surface area (Å²) < 4.78 is 31.6. The number of nitriles is 1. The molecule has 1 atom stereocenters. The Labute approximate surface area is 120 Å². The highest BCUT2D eigenvalue weighted by molar-refractivity contribution is 5.85. The highest BCUT2D eigenvalue weighted by Crippen LogP contribution is 2.35. The standard InChI is InChI=1S/C12H12F2N2O3.ClH/c1-2-19-11(18)12(13,14)10(16)8-5-7(6-15)3-4-9(8)17;/h3-5,10,17H,2,16H2,1H3;1H/t10-;/m0./s1. The zero-order valence-electron chi connectivity index (χ0n) is 10.5. The molecule has 1 aromatic carbocycles. The van der Waals surface area contributed by atoms with Gasteiger partial charge in [-0.3, -0.25) is 0 Å². The van der Waals surface area contributed by atoms with Gasteiger partial charge in [0.2, 0.25) is 0 Å². The second kappa shape index (κ2) is 7.03. The molecule has 3 N–H and O–H groups in total. The predicted octanol–water partition coefficient (Wildman–Crippen LogP) is 1.88. The van der Waals surface area contributed by atoms with E-state index in [0.29, 0.717) is 0 Å². The van der Waals surface area contributed by atoms with E-state index in [4.69, 9.17) is 11.0 Å². The predicted molar refractivity (Wildman–Crippen MR) is 68.6 cm³/mol. The van der Waals surface area contributed by atoms with Crippen LogP contribution < -0.4 is 5.73 Å². The largest absolute Gasteiger partial charge is 0.508 e. The van der Waals surface area contributed by atoms with Crippen molar-refractivity contribution in [2.24, 2.45) is 5.73 Å². The topological polar surface area (TPSA) is 96.3 Å². The van der Waals surface area contributed by atoms with Crippen LogP contribution in [0.2, 0.25) is 0 Å². The summed E-state index contributed by atoms with van der Waals surface area (Å²) in [6, 6.07) is 2.95. The molecule has 1 aromatic rings. The summed E-state index contributed by atoms with van der Waals surface area (Å²) in [6.45, 7) is 1.17. The number of esters is 1. The first-order chi connectivity index (χ1) is 8.84. The average Bonchev–Trinajstić information content (AvgIpc) is 2.38. The summed E-state index contributed by atoms with van der Waals surface area (Å²) in [5.41, 5.74) is 4.96. The van der Waals surface area contributed by atoms with Gasteiger partial charge in [0.1, 0.15) is 11.8 Å². The van der Waals surface area contributed by atoms with Gasteiger partial charge < -0.3 is 15.6 Å². The molecule has 0 radical (unpaired) electrons. The molecule has 0 heterocycles. The summed E-state index contributed by atoms with van der Waals surface area (Å²) in [4.78, 5) is 11.1. The third-order valence-electron chi connectivity index (χ3n) is 2.43. The molecule has 0 unspecified atom stereocenters. The molecule has 20 heavy (non-hydrogen) atoms. The van der Waals surface area contributed by atoms with Gasteiger partial charge >= 0.3 is 11.9 Å². The fourth-order valence-electron chi connectivity index (χ4n) is 1.42. The molecular formula is C12H13ClF2N2O3. The van der Waals surface area contributed by atoms with Gasteiger partial charge in [-0.1, -0.05) is 0 Å². The lowest BCUT2D eigenvalue weighted by Gasteiger charge is -2.22. The number of nitrogens with zero attached hydrogens (tertiary/aromatic N) is 1. The lowest BCUT2D eigenvalue weighted by Crippen LogP contribution is -2.41. The van der Waals surface area contributed by atoms with Crippen molar-refractivity contribution in [3.8, 4) is 11.8 Å². The van der Waals surface area contributed by atoms with Crippen molar-refractivity contribution in [2.75, 3.05) is 6.61 Å². The van der Waals surface area contributed by atoms with Gasteiger partial charge in [-0.25, -0.2) is 4.79 Å². The SMILES string of the molecule is CCOC(=O)C(F)(F)[C@@H](N)c1cc(C#N)ccc1O.Cl. The van der Waals surface area contributed by atoms with Crippen LogP contribution in [0.1, 0.15) is 24.1 Å². The van der Waals surface area contributed by atoms with E-state index in [1.165, 1.54) is 13.0 Å². The number of ether oxygens (including phenoxy) is 1. The maximum absolute atomic E-state index is 13.7. The molecule has 0 spiro atoms. The van der Waals surface area contributed by atoms with Gasteiger partial charge in [-0.05, 0) is 25.1 Å². The summed E-state index contributed by atoms with van der Waals surface area (Å²) in [5, 5.41) is 18.2. The maximum Gasteiger partial charge on any atom is 0.379 e. The van der Waals surface area contributed by atoms with Crippen LogP contribution in [0.5, 0.6) is 5.75 Å². The third-order valence-corrected chi connectivity index (χ3v) is 2.43. The molecule has 0 saturated heterocycles. The maximum atomic E-state index is 13.7. The van der Waals surface area contributed by atoms with E-state index in [1.807, 2.05) is 0 Å². The van der Waals surface area contributed by atoms with E-state index in [0.717, 1.165) is 12.1 Å². The van der Waals surface area contributed by atoms with E-state index in [9.17, 15) is 18.7 Å². The van der Waals surface area contributed by atoms with E-state index >= 15 is 0 Å². The number of benzene rings is 1. The highest BCUT2D eigenvalue weighted by atomic mass is 35.5. The summed E-state index contributed by atoms with van der Waals surface area (Å²) in [7, 11) is 0. The molecule has 1 rings (SSSR count). The van der Waals surface area contributed by atoms with E-state index in [2.05, 4.69) is 4.74 Å². The van der Waals surface area contributed by atoms with Crippen LogP contribution in [0, 0.1) is 11.3 Å². The summed E-state index contributed by atoms with van der Waals surface area (Å²) >= 11 is 0. The molecule has 0 fully saturated rings. The van der Waals surface area contributed by atoms with Crippen LogP contribution >= 0.6 is 12.4 Å². The number of aromatic hydroxyl groups is 1. The van der Waals surface area contributed by atoms with Crippen LogP contribution in [-0.4, -0.2) is 23.6 Å². The van der Waals surface area contributed by atoms with Crippen molar-refractivity contribution in [3.05, 3.63) is 29.3 Å². The molecule has 0 aliphatic heterocycles. The first-order valence-corrected chi connectivity index (χ1v) is 5.38. The average molecular weight is 307 g/mol. The van der Waals surface area contributed by atoms with Crippen LogP contribution in [0.3, 0.4) is 0 Å². The summed E-state index contributed by atoms with van der Waals surface area (Å²) in [6.07, 6.45) is 0. The van der Waals surface area contributed by atoms with Crippen molar-refractivity contribution >= 4 is 18.4 Å². The Kier molecular flexibility index (Phi) is 6.36. The molecule has 0 aliphatic rings. The Balaban J connectivity index is 0.00000361. The molecule has 0 saturated carbocycles. The van der Waals surface area contributed by atoms with Gasteiger partial charge in [0, 0.05) is 5.56 Å². The van der Waals surface area contributed by atoms with Crippen LogP contribution in [0.4, 0.5) is 8.78 Å². The van der Waals surface area contributed by atoms with Gasteiger partial charge in [0.05, 0.1) is 18.2 Å². The molecular weight excluding hydrogens is 294 g/mol. The molecule has 0 amide bonds. The molecule has 110 valence electrons. The lowest BCUT2D eigenvalue weighted by molar-refractivity contribution is -0.174. The number of alkyl halides is 2. The second-order valence-electron chi connectivity index (χ2n) is 3.71. The van der Waals surface area contributed by atoms with Crippen molar-refractivity contribution < 1.29 is 23.4 Å². The van der Waals surface area contributed by atoms with Crippen molar-refractivity contribution in [3.63, 3.8) is 0 Å². The van der Waals surface area contributed by atoms with E-state index < -0.39 is 29.2 Å². The van der Waals surface area contributed by atoms with E-state index in [1.54, 1.807) is 6.07 Å². The number of hydrogen-bond acceptors (Lipinski definition) is 5. The number of phenols is 1. The monoisotopic (exact) mass is 306 g/mol. The first-order valence-electron chi connectivity index (χ1n) is 5.38. The molecule has 8 heteroatoms. The number of carbonyl (C=O) groups is 1. The molecule has 5 nitrogen and oxygen atoms in total. The number of rotatable bonds is 4. The normalized spacial score (nSPS) is 11.9. The second-order valence-corrected chi connectivity index (χ2v) is 3.71. The minimum absolute atomic E-state index is 0. The molecule has 0 bridgehead atoms. The number of carbonyl (C=O) groups excluding carboxylic acids is 1. The van der Waals surface area contributed by atoms with Gasteiger partial charge in [-0.2, -0.15) is 14.0 Å². The fraction of sp³-hybridized carbons (Fsp3) is 0.333. The van der Waals surface area contributed by atoms with Crippen molar-refractivity contribution in [2.45, 2.75) is 18.9 Å². The minimum Gasteiger partial charge on any atom is -0.508 e. The summed E-state index contributed by atoms with van der Waals surface area (Å²) in [5.74, 6) is -6.29. The quantitative estimate of drug-likeness (QED) is 0.828. The Morgan fingerprint density at radius 3 is 2.70 bits per heavy atom.